The molecular weight excluding hydrogens is 489 g/mol. The number of nitrogens with zero attached hydrogens (tertiary/aromatic N) is 1. The van der Waals surface area contributed by atoms with E-state index in [2.05, 4.69) is 73.3 Å². The molecule has 1 saturated heterocycles. The van der Waals surface area contributed by atoms with Crippen LogP contribution in [0.2, 0.25) is 0 Å². The predicted molar refractivity (Wildman–Crippen MR) is 154 cm³/mol. The van der Waals surface area contributed by atoms with Crippen LogP contribution in [0, 0.1) is 19.7 Å². The topological polar surface area (TPSA) is 49.8 Å². The van der Waals surface area contributed by atoms with Gasteiger partial charge in [-0.2, -0.15) is 0 Å². The third kappa shape index (κ3) is 5.98. The molecule has 4 aromatic rings. The third-order valence-electron chi connectivity index (χ3n) is 7.83. The van der Waals surface area contributed by atoms with Gasteiger partial charge in [0.05, 0.1) is 13.5 Å². The van der Waals surface area contributed by atoms with E-state index in [9.17, 15) is 14.3 Å². The number of carboxylic acids is 1. The van der Waals surface area contributed by atoms with Gasteiger partial charge in [0.1, 0.15) is 11.6 Å². The fraction of sp³-hybridized carbons (Fsp3) is 0.265. The van der Waals surface area contributed by atoms with E-state index in [4.69, 9.17) is 4.74 Å². The summed E-state index contributed by atoms with van der Waals surface area (Å²) in [5.41, 5.74) is 8.36. The summed E-state index contributed by atoms with van der Waals surface area (Å²) in [5.74, 6) is -0.0999. The molecule has 0 radical (unpaired) electrons. The number of ether oxygens (including phenoxy) is 1. The van der Waals surface area contributed by atoms with E-state index in [0.717, 1.165) is 36.2 Å². The molecule has 1 aliphatic rings. The van der Waals surface area contributed by atoms with Crippen molar-refractivity contribution in [2.75, 3.05) is 18.6 Å². The van der Waals surface area contributed by atoms with Crippen molar-refractivity contribution in [2.45, 2.75) is 45.1 Å². The molecule has 1 fully saturated rings. The molecule has 0 aliphatic carbocycles. The van der Waals surface area contributed by atoms with Gasteiger partial charge >= 0.3 is 5.97 Å². The van der Waals surface area contributed by atoms with Crippen LogP contribution >= 0.6 is 0 Å². The molecule has 2 atom stereocenters. The summed E-state index contributed by atoms with van der Waals surface area (Å²) in [6.07, 6.45) is 1.72. The van der Waals surface area contributed by atoms with Crippen LogP contribution in [0.1, 0.15) is 46.6 Å². The summed E-state index contributed by atoms with van der Waals surface area (Å²) >= 11 is 0. The summed E-state index contributed by atoms with van der Waals surface area (Å²) in [5, 5.41) is 9.55. The Morgan fingerprint density at radius 3 is 2.49 bits per heavy atom. The van der Waals surface area contributed by atoms with Gasteiger partial charge < -0.3 is 14.7 Å². The van der Waals surface area contributed by atoms with E-state index >= 15 is 0 Å². The average molecular weight is 524 g/mol. The quantitative estimate of drug-likeness (QED) is 0.259. The van der Waals surface area contributed by atoms with E-state index in [0.29, 0.717) is 17.2 Å². The summed E-state index contributed by atoms with van der Waals surface area (Å²) < 4.78 is 19.8. The maximum atomic E-state index is 14.5. The highest BCUT2D eigenvalue weighted by molar-refractivity contribution is 5.69. The van der Waals surface area contributed by atoms with E-state index in [1.165, 1.54) is 28.3 Å². The van der Waals surface area contributed by atoms with Crippen LogP contribution < -0.4 is 9.64 Å². The van der Waals surface area contributed by atoms with E-state index in [1.807, 2.05) is 12.1 Å². The Bertz CT molecular complexity index is 1480. The van der Waals surface area contributed by atoms with Gasteiger partial charge in [0, 0.05) is 29.8 Å². The minimum atomic E-state index is -0.765. The Hall–Kier alpha value is -4.12. The molecule has 1 aliphatic heterocycles. The average Bonchev–Trinajstić information content (AvgIpc) is 3.33. The highest BCUT2D eigenvalue weighted by Crippen LogP contribution is 2.37. The highest BCUT2D eigenvalue weighted by Gasteiger charge is 2.34. The van der Waals surface area contributed by atoms with Gasteiger partial charge in [0.2, 0.25) is 0 Å². The first kappa shape index (κ1) is 26.5. The fourth-order valence-corrected chi connectivity index (χ4v) is 5.73. The minimum absolute atomic E-state index is 0.0364. The van der Waals surface area contributed by atoms with Crippen molar-refractivity contribution in [2.24, 2.45) is 0 Å². The molecule has 4 aromatic carbocycles. The molecule has 1 heterocycles. The van der Waals surface area contributed by atoms with Crippen molar-refractivity contribution in [3.63, 3.8) is 0 Å². The molecule has 200 valence electrons. The highest BCUT2D eigenvalue weighted by atomic mass is 19.1. The normalized spacial score (nSPS) is 16.9. The van der Waals surface area contributed by atoms with Gasteiger partial charge in [-0.05, 0) is 84.8 Å². The second-order valence-corrected chi connectivity index (χ2v) is 10.6. The lowest BCUT2D eigenvalue weighted by Crippen LogP contribution is -2.31. The Kier molecular flexibility index (Phi) is 7.69. The number of carbonyl (C=O) groups is 1. The molecule has 5 rings (SSSR count). The molecule has 0 saturated carbocycles. The molecule has 0 amide bonds. The van der Waals surface area contributed by atoms with Crippen LogP contribution in [-0.2, 0) is 11.2 Å². The first-order valence-corrected chi connectivity index (χ1v) is 13.4. The zero-order valence-electron chi connectivity index (χ0n) is 22.7. The summed E-state index contributed by atoms with van der Waals surface area (Å²) in [6, 6.07) is 27.8. The maximum absolute atomic E-state index is 14.5. The largest absolute Gasteiger partial charge is 0.497 e. The Labute approximate surface area is 229 Å². The molecule has 4 nitrogen and oxygen atoms in total. The molecule has 0 bridgehead atoms. The Balaban J connectivity index is 1.33. The molecule has 0 spiro atoms. The van der Waals surface area contributed by atoms with Crippen LogP contribution in [0.3, 0.4) is 0 Å². The third-order valence-corrected chi connectivity index (χ3v) is 7.83. The SMILES string of the molecule is COc1ccc(F)c(-c2ccc(Cc3ccc(N4C[C@@H](c5cccc(C)c5)C[C@@H]4CC(=O)O)cc3)c(C)c2)c1. The van der Waals surface area contributed by atoms with E-state index < -0.39 is 5.97 Å². The number of aryl methyl sites for hydroxylation is 2. The van der Waals surface area contributed by atoms with Crippen molar-refractivity contribution in [3.05, 3.63) is 119 Å². The van der Waals surface area contributed by atoms with Crippen molar-refractivity contribution >= 4 is 11.7 Å². The minimum Gasteiger partial charge on any atom is -0.497 e. The number of anilines is 1. The number of benzene rings is 4. The number of hydrogen-bond donors (Lipinski definition) is 1. The van der Waals surface area contributed by atoms with Crippen molar-refractivity contribution in [1.29, 1.82) is 0 Å². The molecule has 39 heavy (non-hydrogen) atoms. The number of halogens is 1. The van der Waals surface area contributed by atoms with Crippen molar-refractivity contribution in [1.82, 2.24) is 0 Å². The summed E-state index contributed by atoms with van der Waals surface area (Å²) in [4.78, 5) is 13.9. The lowest BCUT2D eigenvalue weighted by atomic mass is 9.94. The predicted octanol–water partition coefficient (Wildman–Crippen LogP) is 7.55. The molecule has 0 aromatic heterocycles. The number of rotatable bonds is 8. The number of carboxylic acid groups (broad SMARTS) is 1. The van der Waals surface area contributed by atoms with Crippen LogP contribution in [0.25, 0.3) is 11.1 Å². The Morgan fingerprint density at radius 2 is 1.79 bits per heavy atom. The van der Waals surface area contributed by atoms with Crippen LogP contribution in [0.5, 0.6) is 5.75 Å². The van der Waals surface area contributed by atoms with Gasteiger partial charge in [-0.25, -0.2) is 4.39 Å². The van der Waals surface area contributed by atoms with Gasteiger partial charge in [0.25, 0.3) is 0 Å². The van der Waals surface area contributed by atoms with E-state index in [-0.39, 0.29) is 18.3 Å². The molecule has 0 unspecified atom stereocenters. The first-order valence-electron chi connectivity index (χ1n) is 13.4. The van der Waals surface area contributed by atoms with Crippen LogP contribution in [0.4, 0.5) is 10.1 Å². The van der Waals surface area contributed by atoms with Gasteiger partial charge in [-0.3, -0.25) is 4.79 Å². The zero-order chi connectivity index (χ0) is 27.5. The second-order valence-electron chi connectivity index (χ2n) is 10.6. The van der Waals surface area contributed by atoms with Gasteiger partial charge in [0.15, 0.2) is 0 Å². The van der Waals surface area contributed by atoms with Gasteiger partial charge in [-0.15, -0.1) is 0 Å². The monoisotopic (exact) mass is 523 g/mol. The lowest BCUT2D eigenvalue weighted by molar-refractivity contribution is -0.137. The fourth-order valence-electron chi connectivity index (χ4n) is 5.73. The van der Waals surface area contributed by atoms with Gasteiger partial charge in [-0.1, -0.05) is 60.2 Å². The van der Waals surface area contributed by atoms with Crippen molar-refractivity contribution < 1.29 is 19.0 Å². The van der Waals surface area contributed by atoms with Crippen molar-refractivity contribution in [3.8, 4) is 16.9 Å². The first-order chi connectivity index (χ1) is 18.8. The smallest absolute Gasteiger partial charge is 0.305 e. The molecule has 1 N–H and O–H groups in total. The number of methoxy groups -OCH3 is 1. The Morgan fingerprint density at radius 1 is 1.00 bits per heavy atom. The maximum Gasteiger partial charge on any atom is 0.305 e. The van der Waals surface area contributed by atoms with E-state index in [1.54, 1.807) is 19.2 Å². The lowest BCUT2D eigenvalue weighted by Gasteiger charge is -2.26. The number of aliphatic carboxylic acids is 1. The standard InChI is InChI=1S/C34H34FNO3/c1-22-5-4-6-26(15-22)28-18-30(19-34(37)38)36(21-28)29-11-7-24(8-12-29)17-25-9-10-27(16-23(25)2)32-20-31(39-3)13-14-33(32)35/h4-16,20,28,30H,17-19,21H2,1-3H3,(H,37,38)/t28-,30+/m0/s1. The van der Waals surface area contributed by atoms with Crippen LogP contribution in [-0.4, -0.2) is 30.8 Å². The summed E-state index contributed by atoms with van der Waals surface area (Å²) in [6.45, 7) is 4.95. The van der Waals surface area contributed by atoms with Crippen LogP contribution in [0.15, 0.2) is 84.9 Å². The molecule has 5 heteroatoms. The second kappa shape index (κ2) is 11.3. The number of hydrogen-bond acceptors (Lipinski definition) is 3. The summed E-state index contributed by atoms with van der Waals surface area (Å²) in [7, 11) is 1.58. The molecular formula is C34H34FNO3. The zero-order valence-corrected chi connectivity index (χ0v) is 22.7.